The standard InChI is InChI=1S/C13H18F3N3O.HI/c1-8(2)19-12(17)18-7-9-4-5-10(20-3)6-11(9)13(14,15)16;/h4-6,8H,7H2,1-3H3,(H3,17,18,19);1H. The fourth-order valence-corrected chi connectivity index (χ4v) is 1.60. The van der Waals surface area contributed by atoms with Crippen molar-refractivity contribution < 1.29 is 17.9 Å². The van der Waals surface area contributed by atoms with Crippen molar-refractivity contribution in [1.29, 1.82) is 0 Å². The van der Waals surface area contributed by atoms with Crippen LogP contribution in [0.3, 0.4) is 0 Å². The Kier molecular flexibility index (Phi) is 7.83. The lowest BCUT2D eigenvalue weighted by molar-refractivity contribution is -0.138. The van der Waals surface area contributed by atoms with Crippen LogP contribution in [0, 0.1) is 0 Å². The van der Waals surface area contributed by atoms with Gasteiger partial charge >= 0.3 is 6.18 Å². The van der Waals surface area contributed by atoms with Crippen LogP contribution in [0.1, 0.15) is 25.0 Å². The Balaban J connectivity index is 0.00000400. The van der Waals surface area contributed by atoms with Crippen LogP contribution in [0.15, 0.2) is 23.2 Å². The number of alkyl halides is 3. The number of methoxy groups -OCH3 is 1. The molecule has 120 valence electrons. The van der Waals surface area contributed by atoms with Gasteiger partial charge in [0.25, 0.3) is 0 Å². The smallest absolute Gasteiger partial charge is 0.416 e. The second kappa shape index (κ2) is 8.30. The van der Waals surface area contributed by atoms with Crippen molar-refractivity contribution in [2.24, 2.45) is 10.7 Å². The minimum Gasteiger partial charge on any atom is -0.497 e. The maximum Gasteiger partial charge on any atom is 0.416 e. The first-order valence-electron chi connectivity index (χ1n) is 6.04. The molecule has 3 N–H and O–H groups in total. The molecule has 0 aliphatic carbocycles. The van der Waals surface area contributed by atoms with Gasteiger partial charge in [-0.2, -0.15) is 13.2 Å². The number of ether oxygens (including phenoxy) is 1. The molecular formula is C13H19F3IN3O. The molecule has 0 bridgehead atoms. The highest BCUT2D eigenvalue weighted by Gasteiger charge is 2.33. The summed E-state index contributed by atoms with van der Waals surface area (Å²) in [6.07, 6.45) is -4.46. The van der Waals surface area contributed by atoms with E-state index >= 15 is 0 Å². The number of nitrogens with two attached hydrogens (primary N) is 1. The fourth-order valence-electron chi connectivity index (χ4n) is 1.60. The van der Waals surface area contributed by atoms with Crippen molar-refractivity contribution in [3.8, 4) is 5.75 Å². The van der Waals surface area contributed by atoms with Crippen molar-refractivity contribution in [2.75, 3.05) is 7.11 Å². The Morgan fingerprint density at radius 3 is 2.48 bits per heavy atom. The van der Waals surface area contributed by atoms with Crippen LogP contribution in [0.5, 0.6) is 5.75 Å². The molecule has 0 atom stereocenters. The van der Waals surface area contributed by atoms with Gasteiger partial charge in [0, 0.05) is 6.04 Å². The van der Waals surface area contributed by atoms with E-state index in [0.717, 1.165) is 6.07 Å². The van der Waals surface area contributed by atoms with E-state index in [1.807, 2.05) is 13.8 Å². The van der Waals surface area contributed by atoms with Gasteiger partial charge in [-0.25, -0.2) is 4.99 Å². The average Bonchev–Trinajstić information content (AvgIpc) is 2.34. The maximum absolute atomic E-state index is 12.9. The van der Waals surface area contributed by atoms with Gasteiger partial charge in [-0.05, 0) is 31.5 Å². The summed E-state index contributed by atoms with van der Waals surface area (Å²) in [5.74, 6) is 0.266. The summed E-state index contributed by atoms with van der Waals surface area (Å²) in [6, 6.07) is 3.83. The summed E-state index contributed by atoms with van der Waals surface area (Å²) in [7, 11) is 1.32. The molecule has 0 saturated carbocycles. The predicted molar refractivity (Wildman–Crippen MR) is 87.0 cm³/mol. The van der Waals surface area contributed by atoms with E-state index in [-0.39, 0.29) is 53.8 Å². The normalized spacial score (nSPS) is 12.0. The SMILES string of the molecule is COc1ccc(CN=C(N)NC(C)C)c(C(F)(F)F)c1.I. The Morgan fingerprint density at radius 1 is 1.38 bits per heavy atom. The number of benzene rings is 1. The zero-order valence-corrected chi connectivity index (χ0v) is 14.3. The topological polar surface area (TPSA) is 59.6 Å². The first-order chi connectivity index (χ1) is 9.24. The van der Waals surface area contributed by atoms with Gasteiger partial charge in [0.05, 0.1) is 19.2 Å². The zero-order valence-electron chi connectivity index (χ0n) is 12.0. The summed E-state index contributed by atoms with van der Waals surface area (Å²) in [4.78, 5) is 3.91. The Hall–Kier alpha value is -1.19. The average molecular weight is 417 g/mol. The second-order valence-electron chi connectivity index (χ2n) is 4.52. The summed E-state index contributed by atoms with van der Waals surface area (Å²) in [5, 5.41) is 2.82. The molecule has 4 nitrogen and oxygen atoms in total. The van der Waals surface area contributed by atoms with E-state index in [4.69, 9.17) is 10.5 Å². The van der Waals surface area contributed by atoms with Crippen LogP contribution in [0.4, 0.5) is 13.2 Å². The first kappa shape index (κ1) is 19.8. The number of aliphatic imine (C=N–C) groups is 1. The fraction of sp³-hybridized carbons (Fsp3) is 0.462. The second-order valence-corrected chi connectivity index (χ2v) is 4.52. The molecule has 1 aromatic rings. The first-order valence-corrected chi connectivity index (χ1v) is 6.04. The Labute approximate surface area is 139 Å². The highest BCUT2D eigenvalue weighted by Crippen LogP contribution is 2.34. The van der Waals surface area contributed by atoms with Crippen LogP contribution in [0.25, 0.3) is 0 Å². The van der Waals surface area contributed by atoms with Crippen molar-refractivity contribution in [3.05, 3.63) is 29.3 Å². The van der Waals surface area contributed by atoms with Crippen LogP contribution in [-0.2, 0) is 12.7 Å². The van der Waals surface area contributed by atoms with E-state index < -0.39 is 11.7 Å². The van der Waals surface area contributed by atoms with Crippen molar-refractivity contribution >= 4 is 29.9 Å². The quantitative estimate of drug-likeness (QED) is 0.450. The van der Waals surface area contributed by atoms with Crippen molar-refractivity contribution in [1.82, 2.24) is 5.32 Å². The lowest BCUT2D eigenvalue weighted by atomic mass is 10.1. The number of guanidine groups is 1. The number of hydrogen-bond acceptors (Lipinski definition) is 2. The van der Waals surface area contributed by atoms with Gasteiger partial charge in [0.15, 0.2) is 5.96 Å². The van der Waals surface area contributed by atoms with Crippen LogP contribution >= 0.6 is 24.0 Å². The number of nitrogens with zero attached hydrogens (tertiary/aromatic N) is 1. The molecule has 0 unspecified atom stereocenters. The molecule has 0 radical (unpaired) electrons. The summed E-state index contributed by atoms with van der Waals surface area (Å²) < 4.78 is 43.7. The molecule has 1 aromatic carbocycles. The predicted octanol–water partition coefficient (Wildman–Crippen LogP) is 3.14. The number of halogens is 4. The number of nitrogens with one attached hydrogen (secondary N) is 1. The van der Waals surface area contributed by atoms with Gasteiger partial charge in [-0.3, -0.25) is 0 Å². The molecule has 21 heavy (non-hydrogen) atoms. The molecule has 0 saturated heterocycles. The Morgan fingerprint density at radius 2 is 2.00 bits per heavy atom. The van der Waals surface area contributed by atoms with Gasteiger partial charge < -0.3 is 15.8 Å². The van der Waals surface area contributed by atoms with Crippen molar-refractivity contribution in [3.63, 3.8) is 0 Å². The van der Waals surface area contributed by atoms with Crippen LogP contribution in [-0.4, -0.2) is 19.1 Å². The molecule has 0 heterocycles. The van der Waals surface area contributed by atoms with E-state index in [2.05, 4.69) is 10.3 Å². The van der Waals surface area contributed by atoms with E-state index in [9.17, 15) is 13.2 Å². The monoisotopic (exact) mass is 417 g/mol. The minimum absolute atomic E-state index is 0. The molecule has 0 spiro atoms. The van der Waals surface area contributed by atoms with Gasteiger partial charge in [-0.15, -0.1) is 24.0 Å². The van der Waals surface area contributed by atoms with E-state index in [0.29, 0.717) is 0 Å². The maximum atomic E-state index is 12.9. The summed E-state index contributed by atoms with van der Waals surface area (Å²) in [6.45, 7) is 3.57. The highest BCUT2D eigenvalue weighted by atomic mass is 127. The third-order valence-electron chi connectivity index (χ3n) is 2.48. The largest absolute Gasteiger partial charge is 0.497 e. The lowest BCUT2D eigenvalue weighted by Crippen LogP contribution is -2.36. The van der Waals surface area contributed by atoms with E-state index in [1.165, 1.54) is 19.2 Å². The van der Waals surface area contributed by atoms with Crippen molar-refractivity contribution in [2.45, 2.75) is 32.6 Å². The van der Waals surface area contributed by atoms with Gasteiger partial charge in [0.2, 0.25) is 0 Å². The molecule has 1 rings (SSSR count). The Bertz CT molecular complexity index is 490. The molecule has 0 aliphatic rings. The van der Waals surface area contributed by atoms with Crippen LogP contribution in [0.2, 0.25) is 0 Å². The molecule has 0 aliphatic heterocycles. The molecule has 0 amide bonds. The molecule has 8 heteroatoms. The van der Waals surface area contributed by atoms with Gasteiger partial charge in [-0.1, -0.05) is 6.07 Å². The molecule has 0 aromatic heterocycles. The van der Waals surface area contributed by atoms with Crippen LogP contribution < -0.4 is 15.8 Å². The minimum atomic E-state index is -4.46. The number of hydrogen-bond donors (Lipinski definition) is 2. The highest BCUT2D eigenvalue weighted by molar-refractivity contribution is 14.0. The zero-order chi connectivity index (χ0) is 15.3. The van der Waals surface area contributed by atoms with Gasteiger partial charge in [0.1, 0.15) is 5.75 Å². The molecular weight excluding hydrogens is 398 g/mol. The third kappa shape index (κ3) is 6.40. The van der Waals surface area contributed by atoms with E-state index in [1.54, 1.807) is 0 Å². The summed E-state index contributed by atoms with van der Waals surface area (Å²) >= 11 is 0. The third-order valence-corrected chi connectivity index (χ3v) is 2.48. The number of rotatable bonds is 4. The lowest BCUT2D eigenvalue weighted by Gasteiger charge is -2.14. The molecule has 0 fully saturated rings. The summed E-state index contributed by atoms with van der Waals surface area (Å²) in [5.41, 5.74) is 4.85.